The van der Waals surface area contributed by atoms with E-state index >= 15 is 0 Å². The minimum Gasteiger partial charge on any atom is -0.480 e. The van der Waals surface area contributed by atoms with Crippen LogP contribution in [0.5, 0.6) is 0 Å². The van der Waals surface area contributed by atoms with Crippen molar-refractivity contribution >= 4 is 29.3 Å². The molecular weight excluding hydrogens is 606 g/mol. The summed E-state index contributed by atoms with van der Waals surface area (Å²) in [5.41, 5.74) is 12.6. The van der Waals surface area contributed by atoms with Gasteiger partial charge in [-0.15, -0.1) is 0 Å². The van der Waals surface area contributed by atoms with E-state index < -0.39 is 35.0 Å². The van der Waals surface area contributed by atoms with Gasteiger partial charge in [0.15, 0.2) is 0 Å². The van der Waals surface area contributed by atoms with Crippen molar-refractivity contribution in [2.45, 2.75) is 36.5 Å². The molecule has 1 aromatic carbocycles. The number of amides is 3. The first-order valence-electron chi connectivity index (χ1n) is 16.3. The minimum absolute atomic E-state index is 0.0130. The Morgan fingerprint density at radius 3 is 1.83 bits per heavy atom. The van der Waals surface area contributed by atoms with E-state index in [-0.39, 0.29) is 31.1 Å². The molecule has 47 heavy (non-hydrogen) atoms. The predicted molar refractivity (Wildman–Crippen MR) is 183 cm³/mol. The van der Waals surface area contributed by atoms with Crippen LogP contribution in [0.2, 0.25) is 0 Å². The highest BCUT2D eigenvalue weighted by atomic mass is 16.4. The molecule has 1 aromatic rings. The van der Waals surface area contributed by atoms with Crippen molar-refractivity contribution < 1.29 is 19.5 Å². The average Bonchev–Trinajstić information content (AvgIpc) is 3.04. The monoisotopic (exact) mass is 661 g/mol. The Morgan fingerprint density at radius 2 is 1.36 bits per heavy atom. The van der Waals surface area contributed by atoms with Gasteiger partial charge in [-0.05, 0) is 37.6 Å². The molecule has 0 aliphatic carbocycles. The molecule has 17 nitrogen and oxygen atoms in total. The van der Waals surface area contributed by atoms with E-state index in [1.807, 2.05) is 0 Å². The second-order valence-electron chi connectivity index (χ2n) is 12.5. The fraction of sp³-hybridized carbons (Fsp3) is 0.667. The molecular formula is C30H55N13O4. The molecule has 2 bridgehead atoms. The standard InChI is InChI=1S/C30H55N13O4/c1-21(31)24(32)14-41-23-4-2-22(3-5-23)26(44)42-25(27(45)46)6-7-40-28(47)43-30-18-37-11-8-34-15-29(33,16-35-9-12-38-19-30)17-36-10-13-39-20-30/h2-5,21,25,32,34-39,41H,6-20,31,33H2,1H3,(H,42,44)(H,45,46)(H2,40,43,47). The Hall–Kier alpha value is -3.42. The topological polar surface area (TPSA) is 268 Å². The number of carboxylic acid groups (broad SMARTS) is 1. The molecule has 0 aromatic heterocycles. The molecule has 4 rings (SSSR count). The van der Waals surface area contributed by atoms with Crippen LogP contribution in [-0.2, 0) is 4.79 Å². The van der Waals surface area contributed by atoms with E-state index in [1.54, 1.807) is 31.2 Å². The normalized spacial score (nSPS) is 24.5. The first kappa shape index (κ1) is 38.0. The highest BCUT2D eigenvalue weighted by Crippen LogP contribution is 2.10. The van der Waals surface area contributed by atoms with Gasteiger partial charge >= 0.3 is 12.0 Å². The number of rotatable bonds is 11. The van der Waals surface area contributed by atoms with Crippen molar-refractivity contribution in [2.75, 3.05) is 96.9 Å². The Bertz CT molecular complexity index is 1110. The first-order valence-corrected chi connectivity index (χ1v) is 16.3. The molecule has 17 heteroatoms. The van der Waals surface area contributed by atoms with Gasteiger partial charge in [-0.1, -0.05) is 0 Å². The summed E-state index contributed by atoms with van der Waals surface area (Å²) in [7, 11) is 0. The Kier molecular flexibility index (Phi) is 15.7. The molecule has 0 spiro atoms. The highest BCUT2D eigenvalue weighted by Gasteiger charge is 2.32. The van der Waals surface area contributed by atoms with Crippen LogP contribution in [0.3, 0.4) is 0 Å². The van der Waals surface area contributed by atoms with Crippen molar-refractivity contribution in [2.24, 2.45) is 11.5 Å². The summed E-state index contributed by atoms with van der Waals surface area (Å²) >= 11 is 0. The lowest BCUT2D eigenvalue weighted by atomic mass is 9.98. The van der Waals surface area contributed by atoms with E-state index in [2.05, 4.69) is 53.2 Å². The fourth-order valence-electron chi connectivity index (χ4n) is 5.24. The van der Waals surface area contributed by atoms with Gasteiger partial charge in [-0.2, -0.15) is 0 Å². The van der Waals surface area contributed by atoms with E-state index in [1.165, 1.54) is 0 Å². The molecule has 3 aliphatic heterocycles. The van der Waals surface area contributed by atoms with Crippen molar-refractivity contribution in [3.05, 3.63) is 29.8 Å². The average molecular weight is 662 g/mol. The number of carboxylic acids is 1. The third kappa shape index (κ3) is 13.7. The van der Waals surface area contributed by atoms with Gasteiger partial charge in [-0.25, -0.2) is 9.59 Å². The lowest BCUT2D eigenvalue weighted by Crippen LogP contribution is -2.68. The minimum atomic E-state index is -1.21. The maximum atomic E-state index is 13.2. The summed E-state index contributed by atoms with van der Waals surface area (Å²) in [6.45, 7) is 9.67. The van der Waals surface area contributed by atoms with Crippen LogP contribution in [0, 0.1) is 5.41 Å². The number of hydrogen-bond acceptors (Lipinski definition) is 13. The summed E-state index contributed by atoms with van der Waals surface area (Å²) in [6, 6.07) is 4.48. The number of fused-ring (bicyclic) bond motifs is 15. The van der Waals surface area contributed by atoms with Gasteiger partial charge in [0.2, 0.25) is 0 Å². The summed E-state index contributed by atoms with van der Waals surface area (Å²) in [5.74, 6) is -1.75. The number of benzene rings is 1. The number of nitrogens with one attached hydrogen (secondary N) is 11. The van der Waals surface area contributed by atoms with Crippen LogP contribution >= 0.6 is 0 Å². The zero-order chi connectivity index (χ0) is 34.1. The number of carbonyl (C=O) groups is 3. The molecule has 3 fully saturated rings. The van der Waals surface area contributed by atoms with Crippen molar-refractivity contribution in [1.29, 1.82) is 5.41 Å². The zero-order valence-electron chi connectivity index (χ0n) is 27.4. The van der Waals surface area contributed by atoms with Crippen LogP contribution in [0.25, 0.3) is 0 Å². The maximum Gasteiger partial charge on any atom is 0.326 e. The number of nitrogens with two attached hydrogens (primary N) is 2. The smallest absolute Gasteiger partial charge is 0.326 e. The Balaban J connectivity index is 1.55. The number of aliphatic carboxylic acids is 1. The van der Waals surface area contributed by atoms with Gasteiger partial charge in [-0.3, -0.25) is 4.79 Å². The largest absolute Gasteiger partial charge is 0.480 e. The summed E-state index contributed by atoms with van der Waals surface area (Å²) in [4.78, 5) is 37.9. The maximum absolute atomic E-state index is 13.2. The van der Waals surface area contributed by atoms with Crippen LogP contribution in [0.4, 0.5) is 10.5 Å². The van der Waals surface area contributed by atoms with Gasteiger partial charge in [0.05, 0.1) is 17.6 Å². The molecule has 0 radical (unpaired) electrons. The zero-order valence-corrected chi connectivity index (χ0v) is 27.4. The molecule has 264 valence electrons. The van der Waals surface area contributed by atoms with Crippen molar-refractivity contribution in [3.63, 3.8) is 0 Å². The Labute approximate surface area is 276 Å². The second kappa shape index (κ2) is 19.4. The van der Waals surface area contributed by atoms with E-state index in [0.29, 0.717) is 89.9 Å². The second-order valence-corrected chi connectivity index (χ2v) is 12.5. The summed E-state index contributed by atoms with van der Waals surface area (Å²) in [5, 5.41) is 49.8. The first-order chi connectivity index (χ1) is 22.5. The van der Waals surface area contributed by atoms with Gasteiger partial charge in [0.25, 0.3) is 5.91 Å². The number of urea groups is 1. The van der Waals surface area contributed by atoms with Crippen LogP contribution in [0.1, 0.15) is 23.7 Å². The van der Waals surface area contributed by atoms with E-state index in [4.69, 9.17) is 16.9 Å². The molecule has 3 aliphatic rings. The Morgan fingerprint density at radius 1 is 0.872 bits per heavy atom. The SMILES string of the molecule is CC(N)C(=N)CNc1ccc(C(=O)NC(CCNC(=O)NC23CNCCNCC(N)(CNCCNC2)CNCCNC3)C(=O)O)cc1. The molecule has 3 heterocycles. The highest BCUT2D eigenvalue weighted by molar-refractivity contribution is 5.97. The molecule has 2 atom stereocenters. The van der Waals surface area contributed by atoms with Gasteiger partial charge in [0.1, 0.15) is 6.04 Å². The van der Waals surface area contributed by atoms with Gasteiger partial charge < -0.3 is 75.2 Å². The molecule has 3 saturated heterocycles. The molecule has 2 unspecified atom stereocenters. The third-order valence-electron chi connectivity index (χ3n) is 8.14. The number of anilines is 1. The third-order valence-corrected chi connectivity index (χ3v) is 8.14. The van der Waals surface area contributed by atoms with E-state index in [9.17, 15) is 19.5 Å². The lowest BCUT2D eigenvalue weighted by Gasteiger charge is -2.37. The number of hydrogen-bond donors (Lipinski definition) is 14. The van der Waals surface area contributed by atoms with Crippen LogP contribution in [0.15, 0.2) is 24.3 Å². The van der Waals surface area contributed by atoms with Crippen molar-refractivity contribution in [1.82, 2.24) is 47.9 Å². The summed E-state index contributed by atoms with van der Waals surface area (Å²) < 4.78 is 0. The van der Waals surface area contributed by atoms with E-state index in [0.717, 1.165) is 0 Å². The molecule has 0 saturated carbocycles. The number of carbonyl (C=O) groups excluding carboxylic acids is 2. The lowest BCUT2D eigenvalue weighted by molar-refractivity contribution is -0.139. The van der Waals surface area contributed by atoms with Crippen molar-refractivity contribution in [3.8, 4) is 0 Å². The quantitative estimate of drug-likeness (QED) is 0.102. The molecule has 3 amide bonds. The van der Waals surface area contributed by atoms with Gasteiger partial charge in [0, 0.05) is 108 Å². The molecule has 16 N–H and O–H groups in total. The van der Waals surface area contributed by atoms with Crippen LogP contribution < -0.4 is 64.6 Å². The predicted octanol–water partition coefficient (Wildman–Crippen LogP) is -3.66. The van der Waals surface area contributed by atoms with Crippen LogP contribution in [-0.4, -0.2) is 144 Å². The summed E-state index contributed by atoms with van der Waals surface area (Å²) in [6.07, 6.45) is -0.0130. The fourth-order valence-corrected chi connectivity index (χ4v) is 5.24.